The number of para-hydroxylation sites is 1. The van der Waals surface area contributed by atoms with Crippen molar-refractivity contribution in [3.05, 3.63) is 33.9 Å². The molecule has 1 aromatic carbocycles. The maximum atomic E-state index is 10.5. The molecule has 0 atom stereocenters. The van der Waals surface area contributed by atoms with Gasteiger partial charge in [0.25, 0.3) is 0 Å². The number of ether oxygens (including phenoxy) is 2. The molecule has 0 bridgehead atoms. The Morgan fingerprint density at radius 2 is 2.18 bits per heavy atom. The molecule has 0 aliphatic rings. The summed E-state index contributed by atoms with van der Waals surface area (Å²) in [5.74, 6) is 6.00. The van der Waals surface area contributed by atoms with E-state index in [9.17, 15) is 10.1 Å². The zero-order chi connectivity index (χ0) is 12.8. The van der Waals surface area contributed by atoms with Crippen LogP contribution in [0.4, 0.5) is 0 Å². The smallest absolute Gasteiger partial charge is 0.247 e. The number of rotatable bonds is 5. The van der Waals surface area contributed by atoms with Gasteiger partial charge in [0.1, 0.15) is 5.71 Å². The monoisotopic (exact) mass is 239 g/mol. The number of nitrogens with zero attached hydrogens (tertiary/aromatic N) is 2. The second kappa shape index (κ2) is 5.69. The van der Waals surface area contributed by atoms with Crippen molar-refractivity contribution < 1.29 is 14.4 Å². The Labute approximate surface area is 98.0 Å². The minimum absolute atomic E-state index is 0.130. The Kier molecular flexibility index (Phi) is 4.27. The van der Waals surface area contributed by atoms with E-state index in [1.165, 1.54) is 14.2 Å². The fourth-order valence-corrected chi connectivity index (χ4v) is 1.43. The third-order valence-corrected chi connectivity index (χ3v) is 2.15. The summed E-state index contributed by atoms with van der Waals surface area (Å²) in [4.78, 5) is 9.98. The Morgan fingerprint density at radius 1 is 1.47 bits per heavy atom. The lowest BCUT2D eigenvalue weighted by Crippen LogP contribution is -2.18. The second-order valence-electron chi connectivity index (χ2n) is 3.11. The lowest BCUT2D eigenvalue weighted by atomic mass is 10.1. The first-order valence-electron chi connectivity index (χ1n) is 4.74. The van der Waals surface area contributed by atoms with E-state index in [1.807, 2.05) is 0 Å². The highest BCUT2D eigenvalue weighted by Crippen LogP contribution is 2.31. The van der Waals surface area contributed by atoms with Crippen molar-refractivity contribution in [2.75, 3.05) is 20.8 Å². The van der Waals surface area contributed by atoms with Gasteiger partial charge in [-0.1, -0.05) is 6.07 Å². The van der Waals surface area contributed by atoms with Crippen molar-refractivity contribution in [2.24, 2.45) is 10.9 Å². The van der Waals surface area contributed by atoms with Crippen LogP contribution in [0.25, 0.3) is 0 Å². The molecule has 0 fully saturated rings. The molecule has 0 saturated heterocycles. The van der Waals surface area contributed by atoms with Crippen LogP contribution in [0.15, 0.2) is 23.3 Å². The number of nitrogens with two attached hydrogens (primary N) is 1. The first kappa shape index (κ1) is 12.8. The standard InChI is InChI=1S/C10H13N3O4/c1-16-9-5-3-4-7(10(9)17-2)8(12-11)6-13(14)15/h3-5H,6,11H2,1-2H3/b12-8+. The van der Waals surface area contributed by atoms with Gasteiger partial charge < -0.3 is 15.3 Å². The Bertz CT molecular complexity index is 445. The minimum Gasteiger partial charge on any atom is -0.493 e. The van der Waals surface area contributed by atoms with Gasteiger partial charge in [-0.2, -0.15) is 5.10 Å². The Balaban J connectivity index is 3.24. The SMILES string of the molecule is COc1cccc(/C(C[N+](=O)[O-])=N/N)c1OC. The summed E-state index contributed by atoms with van der Waals surface area (Å²) in [6, 6.07) is 5.00. The Hall–Kier alpha value is -2.31. The predicted octanol–water partition coefficient (Wildman–Crippen LogP) is 0.643. The molecule has 7 heteroatoms. The van der Waals surface area contributed by atoms with Crippen LogP contribution >= 0.6 is 0 Å². The fourth-order valence-electron chi connectivity index (χ4n) is 1.43. The Morgan fingerprint density at radius 3 is 2.65 bits per heavy atom. The molecule has 0 spiro atoms. The van der Waals surface area contributed by atoms with Gasteiger partial charge in [-0.25, -0.2) is 0 Å². The number of hydrazone groups is 1. The van der Waals surface area contributed by atoms with Crippen LogP contribution in [0, 0.1) is 10.1 Å². The van der Waals surface area contributed by atoms with Crippen molar-refractivity contribution in [1.82, 2.24) is 0 Å². The molecular formula is C10H13N3O4. The first-order chi connectivity index (χ1) is 8.13. The second-order valence-corrected chi connectivity index (χ2v) is 3.11. The molecule has 0 aliphatic carbocycles. The number of benzene rings is 1. The number of methoxy groups -OCH3 is 2. The summed E-state index contributed by atoms with van der Waals surface area (Å²) in [6.45, 7) is -0.472. The third kappa shape index (κ3) is 2.83. The molecule has 7 nitrogen and oxygen atoms in total. The van der Waals surface area contributed by atoms with Gasteiger partial charge in [0.2, 0.25) is 6.54 Å². The lowest BCUT2D eigenvalue weighted by molar-refractivity contribution is -0.462. The molecule has 0 heterocycles. The molecule has 1 rings (SSSR count). The zero-order valence-electron chi connectivity index (χ0n) is 9.54. The summed E-state index contributed by atoms with van der Waals surface area (Å²) in [6.07, 6.45) is 0. The summed E-state index contributed by atoms with van der Waals surface area (Å²) in [5, 5.41) is 13.9. The molecule has 0 amide bonds. The summed E-state index contributed by atoms with van der Waals surface area (Å²) in [7, 11) is 2.93. The van der Waals surface area contributed by atoms with Crippen LogP contribution in [0.3, 0.4) is 0 Å². The van der Waals surface area contributed by atoms with Gasteiger partial charge in [0, 0.05) is 4.92 Å². The maximum absolute atomic E-state index is 10.5. The molecule has 92 valence electrons. The number of hydrogen-bond donors (Lipinski definition) is 1. The largest absolute Gasteiger partial charge is 0.493 e. The highest BCUT2D eigenvalue weighted by molar-refractivity contribution is 6.04. The maximum Gasteiger partial charge on any atom is 0.247 e. The van der Waals surface area contributed by atoms with Gasteiger partial charge >= 0.3 is 0 Å². The number of hydrogen-bond acceptors (Lipinski definition) is 6. The zero-order valence-corrected chi connectivity index (χ0v) is 9.54. The molecule has 0 saturated carbocycles. The third-order valence-electron chi connectivity index (χ3n) is 2.15. The first-order valence-corrected chi connectivity index (χ1v) is 4.74. The summed E-state index contributed by atoms with van der Waals surface area (Å²) < 4.78 is 10.2. The van der Waals surface area contributed by atoms with E-state index in [0.717, 1.165) is 0 Å². The van der Waals surface area contributed by atoms with E-state index in [4.69, 9.17) is 15.3 Å². The lowest BCUT2D eigenvalue weighted by Gasteiger charge is -2.11. The van der Waals surface area contributed by atoms with Gasteiger partial charge in [0.05, 0.1) is 19.8 Å². The average molecular weight is 239 g/mol. The topological polar surface area (TPSA) is 100.0 Å². The van der Waals surface area contributed by atoms with Crippen molar-refractivity contribution >= 4 is 5.71 Å². The van der Waals surface area contributed by atoms with Gasteiger partial charge in [-0.15, -0.1) is 0 Å². The van der Waals surface area contributed by atoms with Crippen molar-refractivity contribution in [2.45, 2.75) is 0 Å². The fraction of sp³-hybridized carbons (Fsp3) is 0.300. The van der Waals surface area contributed by atoms with Crippen LogP contribution in [-0.4, -0.2) is 31.4 Å². The highest BCUT2D eigenvalue weighted by atomic mass is 16.6. The van der Waals surface area contributed by atoms with Gasteiger partial charge in [-0.3, -0.25) is 10.1 Å². The predicted molar refractivity (Wildman–Crippen MR) is 62.1 cm³/mol. The summed E-state index contributed by atoms with van der Waals surface area (Å²) >= 11 is 0. The van der Waals surface area contributed by atoms with Crippen LogP contribution in [0.2, 0.25) is 0 Å². The molecule has 0 radical (unpaired) electrons. The molecule has 1 aromatic rings. The van der Waals surface area contributed by atoms with Crippen molar-refractivity contribution in [3.8, 4) is 11.5 Å². The van der Waals surface area contributed by atoms with Gasteiger partial charge in [0.15, 0.2) is 11.5 Å². The van der Waals surface area contributed by atoms with Crippen molar-refractivity contribution in [1.29, 1.82) is 0 Å². The van der Waals surface area contributed by atoms with E-state index >= 15 is 0 Å². The average Bonchev–Trinajstić information content (AvgIpc) is 2.34. The number of nitro groups is 1. The van der Waals surface area contributed by atoms with E-state index in [2.05, 4.69) is 5.10 Å². The molecule has 0 unspecified atom stereocenters. The molecule has 0 aromatic heterocycles. The quantitative estimate of drug-likeness (QED) is 0.352. The van der Waals surface area contributed by atoms with E-state index in [-0.39, 0.29) is 5.71 Å². The molecular weight excluding hydrogens is 226 g/mol. The van der Waals surface area contributed by atoms with E-state index in [0.29, 0.717) is 17.1 Å². The molecule has 2 N–H and O–H groups in total. The van der Waals surface area contributed by atoms with E-state index in [1.54, 1.807) is 18.2 Å². The van der Waals surface area contributed by atoms with Crippen LogP contribution in [-0.2, 0) is 0 Å². The van der Waals surface area contributed by atoms with Crippen LogP contribution in [0.1, 0.15) is 5.56 Å². The molecule has 0 aliphatic heterocycles. The van der Waals surface area contributed by atoms with Gasteiger partial charge in [-0.05, 0) is 12.1 Å². The normalized spacial score (nSPS) is 11.1. The van der Waals surface area contributed by atoms with Crippen molar-refractivity contribution in [3.63, 3.8) is 0 Å². The highest BCUT2D eigenvalue weighted by Gasteiger charge is 2.18. The molecule has 17 heavy (non-hydrogen) atoms. The summed E-state index contributed by atoms with van der Waals surface area (Å²) in [5.41, 5.74) is 0.580. The van der Waals surface area contributed by atoms with E-state index < -0.39 is 11.5 Å². The van der Waals surface area contributed by atoms with Crippen LogP contribution in [0.5, 0.6) is 11.5 Å². The van der Waals surface area contributed by atoms with Crippen LogP contribution < -0.4 is 15.3 Å². The minimum atomic E-state index is -0.509.